The molecule has 0 amide bonds. The van der Waals surface area contributed by atoms with Gasteiger partial charge in [-0.3, -0.25) is 0 Å². The summed E-state index contributed by atoms with van der Waals surface area (Å²) in [6.45, 7) is 0. The number of nitrogens with zero attached hydrogens (tertiary/aromatic N) is 2. The molecule has 4 aromatic rings. The number of nitriles is 2. The summed E-state index contributed by atoms with van der Waals surface area (Å²) >= 11 is 0. The molecule has 0 aliphatic heterocycles. The Labute approximate surface area is 182 Å². The zero-order valence-corrected chi connectivity index (χ0v) is 16.6. The van der Waals surface area contributed by atoms with E-state index in [-0.39, 0.29) is 7.43 Å². The van der Waals surface area contributed by atoms with E-state index in [0.717, 1.165) is 33.0 Å². The monoisotopic (exact) mass is 406 g/mol. The zero-order chi connectivity index (χ0) is 21.1. The van der Waals surface area contributed by atoms with Crippen LogP contribution in [-0.2, 0) is 0 Å². The minimum absolute atomic E-state index is 0. The van der Waals surface area contributed by atoms with Crippen molar-refractivity contribution in [2.24, 2.45) is 0 Å². The second kappa shape index (κ2) is 9.03. The van der Waals surface area contributed by atoms with Crippen LogP contribution in [0.4, 0.5) is 0 Å². The summed E-state index contributed by atoms with van der Waals surface area (Å²) < 4.78 is 10.9. The maximum atomic E-state index is 10.1. The third-order valence-electron chi connectivity index (χ3n) is 5.22. The lowest BCUT2D eigenvalue weighted by molar-refractivity contribution is 0.419. The Morgan fingerprint density at radius 3 is 1.29 bits per heavy atom. The highest BCUT2D eigenvalue weighted by molar-refractivity contribution is 6.13. The van der Waals surface area contributed by atoms with Crippen LogP contribution in [0.25, 0.3) is 32.7 Å². The van der Waals surface area contributed by atoms with E-state index in [2.05, 4.69) is 12.1 Å². The third kappa shape index (κ3) is 3.56. The molecule has 0 spiro atoms. The van der Waals surface area contributed by atoms with E-state index < -0.39 is 0 Å². The van der Waals surface area contributed by atoms with Gasteiger partial charge in [0.1, 0.15) is 23.6 Å². The van der Waals surface area contributed by atoms with Crippen LogP contribution in [0.5, 0.6) is 11.5 Å². The van der Waals surface area contributed by atoms with E-state index in [0.29, 0.717) is 22.3 Å². The normalized spacial score (nSPS) is 11.1. The van der Waals surface area contributed by atoms with E-state index in [1.54, 1.807) is 14.2 Å². The first-order chi connectivity index (χ1) is 14.7. The van der Waals surface area contributed by atoms with Crippen LogP contribution in [0.3, 0.4) is 0 Å². The van der Waals surface area contributed by atoms with Crippen molar-refractivity contribution in [3.63, 3.8) is 0 Å². The average molecular weight is 406 g/mol. The molecule has 0 unspecified atom stereocenters. The average Bonchev–Trinajstić information content (AvgIpc) is 2.81. The lowest BCUT2D eigenvalue weighted by Crippen LogP contribution is -1.94. The molecule has 0 saturated carbocycles. The van der Waals surface area contributed by atoms with E-state index in [1.165, 1.54) is 0 Å². The van der Waals surface area contributed by atoms with Crippen molar-refractivity contribution < 1.29 is 9.47 Å². The Balaban J connectivity index is 0.00000272. The van der Waals surface area contributed by atoms with Gasteiger partial charge in [0.05, 0.1) is 25.4 Å². The first kappa shape index (κ1) is 21.4. The largest absolute Gasteiger partial charge is 0.496 e. The fourth-order valence-corrected chi connectivity index (χ4v) is 3.86. The molecule has 0 N–H and O–H groups in total. The van der Waals surface area contributed by atoms with Crippen LogP contribution in [0.2, 0.25) is 0 Å². The van der Waals surface area contributed by atoms with E-state index >= 15 is 0 Å². The summed E-state index contributed by atoms with van der Waals surface area (Å²) in [5, 5.41) is 23.7. The van der Waals surface area contributed by atoms with Gasteiger partial charge < -0.3 is 9.47 Å². The molecule has 0 aliphatic carbocycles. The standard InChI is InChI=1S/C26H18N2O2.CH4/c1-29-25-13-5-9-17-19(7-3-11-21(17)25)23(15-27)24(16-28)20-8-4-12-22-18(20)10-6-14-26(22)30-2;/h3-14H,1-2H3;1H4/b24-23+;. The van der Waals surface area contributed by atoms with Gasteiger partial charge in [0, 0.05) is 21.9 Å². The molecule has 0 radical (unpaired) electrons. The lowest BCUT2D eigenvalue weighted by atomic mass is 9.90. The lowest BCUT2D eigenvalue weighted by Gasteiger charge is -2.13. The Morgan fingerprint density at radius 2 is 0.935 bits per heavy atom. The number of fused-ring (bicyclic) bond motifs is 2. The van der Waals surface area contributed by atoms with Gasteiger partial charge in [-0.15, -0.1) is 0 Å². The van der Waals surface area contributed by atoms with Crippen molar-refractivity contribution in [1.82, 2.24) is 0 Å². The number of hydrogen-bond donors (Lipinski definition) is 0. The molecule has 4 rings (SSSR count). The first-order valence-electron chi connectivity index (χ1n) is 9.40. The minimum atomic E-state index is 0. The second-order valence-electron chi connectivity index (χ2n) is 6.70. The number of ether oxygens (including phenoxy) is 2. The Kier molecular flexibility index (Phi) is 6.24. The van der Waals surface area contributed by atoms with Gasteiger partial charge in [-0.05, 0) is 22.9 Å². The van der Waals surface area contributed by atoms with Gasteiger partial charge in [-0.1, -0.05) is 68.1 Å². The van der Waals surface area contributed by atoms with Crippen LogP contribution in [0.1, 0.15) is 18.6 Å². The predicted octanol–water partition coefficient (Wildman–Crippen LogP) is 6.60. The summed E-state index contributed by atoms with van der Waals surface area (Å²) in [4.78, 5) is 0. The number of hydrogen-bond acceptors (Lipinski definition) is 4. The first-order valence-corrected chi connectivity index (χ1v) is 9.40. The Hall–Kier alpha value is -4.28. The molecule has 0 fully saturated rings. The van der Waals surface area contributed by atoms with Crippen molar-refractivity contribution in [2.45, 2.75) is 7.43 Å². The molecule has 0 saturated heterocycles. The molecule has 4 heteroatoms. The molecule has 0 atom stereocenters. The molecular weight excluding hydrogens is 384 g/mol. The van der Waals surface area contributed by atoms with Crippen molar-refractivity contribution in [2.75, 3.05) is 14.2 Å². The van der Waals surface area contributed by atoms with Gasteiger partial charge in [0.25, 0.3) is 0 Å². The summed E-state index contributed by atoms with van der Waals surface area (Å²) in [5.41, 5.74) is 2.05. The molecule has 0 bridgehead atoms. The van der Waals surface area contributed by atoms with Crippen molar-refractivity contribution in [1.29, 1.82) is 10.5 Å². The molecule has 0 aliphatic rings. The van der Waals surface area contributed by atoms with Gasteiger partial charge in [0.15, 0.2) is 0 Å². The number of allylic oxidation sites excluding steroid dienone is 2. The smallest absolute Gasteiger partial charge is 0.126 e. The minimum Gasteiger partial charge on any atom is -0.496 e. The highest BCUT2D eigenvalue weighted by atomic mass is 16.5. The maximum Gasteiger partial charge on any atom is 0.126 e. The highest BCUT2D eigenvalue weighted by Crippen LogP contribution is 2.37. The highest BCUT2D eigenvalue weighted by Gasteiger charge is 2.17. The van der Waals surface area contributed by atoms with Crippen LogP contribution in [0, 0.1) is 22.7 Å². The van der Waals surface area contributed by atoms with Gasteiger partial charge in [-0.25, -0.2) is 0 Å². The van der Waals surface area contributed by atoms with Crippen LogP contribution in [0.15, 0.2) is 72.8 Å². The molecular formula is C27H22N2O2. The fraction of sp³-hybridized carbons (Fsp3) is 0.111. The van der Waals surface area contributed by atoms with E-state index in [9.17, 15) is 10.5 Å². The zero-order valence-electron chi connectivity index (χ0n) is 16.6. The van der Waals surface area contributed by atoms with Gasteiger partial charge >= 0.3 is 0 Å². The SMILES string of the molecule is C.COc1cccc2c(/C(C#N)=C(\C#N)c3cccc4c(OC)cccc34)cccc12. The van der Waals surface area contributed by atoms with Gasteiger partial charge in [-0.2, -0.15) is 10.5 Å². The van der Waals surface area contributed by atoms with E-state index in [4.69, 9.17) is 9.47 Å². The molecule has 152 valence electrons. The van der Waals surface area contributed by atoms with Crippen molar-refractivity contribution in [3.8, 4) is 23.6 Å². The molecule has 31 heavy (non-hydrogen) atoms. The molecule has 0 heterocycles. The topological polar surface area (TPSA) is 66.0 Å². The van der Waals surface area contributed by atoms with Gasteiger partial charge in [0.2, 0.25) is 0 Å². The second-order valence-corrected chi connectivity index (χ2v) is 6.70. The molecule has 4 aromatic carbocycles. The summed E-state index contributed by atoms with van der Waals surface area (Å²) in [7, 11) is 3.24. The Bertz CT molecular complexity index is 1280. The number of benzene rings is 4. The van der Waals surface area contributed by atoms with E-state index in [1.807, 2.05) is 72.8 Å². The van der Waals surface area contributed by atoms with Crippen LogP contribution < -0.4 is 9.47 Å². The summed E-state index contributed by atoms with van der Waals surface area (Å²) in [6.07, 6.45) is 0. The van der Waals surface area contributed by atoms with Crippen molar-refractivity contribution in [3.05, 3.63) is 83.9 Å². The van der Waals surface area contributed by atoms with Crippen molar-refractivity contribution >= 4 is 32.7 Å². The number of rotatable bonds is 4. The predicted molar refractivity (Wildman–Crippen MR) is 126 cm³/mol. The maximum absolute atomic E-state index is 10.1. The van der Waals surface area contributed by atoms with Crippen LogP contribution in [-0.4, -0.2) is 14.2 Å². The molecule has 4 nitrogen and oxygen atoms in total. The number of methoxy groups -OCH3 is 2. The summed E-state index contributed by atoms with van der Waals surface area (Å²) in [5.74, 6) is 1.44. The Morgan fingerprint density at radius 1 is 0.581 bits per heavy atom. The quantitative estimate of drug-likeness (QED) is 0.283. The third-order valence-corrected chi connectivity index (χ3v) is 5.22. The van der Waals surface area contributed by atoms with Crippen LogP contribution >= 0.6 is 0 Å². The fourth-order valence-electron chi connectivity index (χ4n) is 3.86. The summed E-state index contributed by atoms with van der Waals surface area (Å²) in [6, 6.07) is 27.3. The molecule has 0 aromatic heterocycles.